The van der Waals surface area contributed by atoms with Gasteiger partial charge in [-0.3, -0.25) is 9.59 Å². The minimum absolute atomic E-state index is 0.0431. The van der Waals surface area contributed by atoms with Crippen LogP contribution in [0, 0.1) is 0 Å². The molecule has 1 atom stereocenters. The molecule has 9 heteroatoms. The molecule has 2 amide bonds. The molecule has 1 unspecified atom stereocenters. The summed E-state index contributed by atoms with van der Waals surface area (Å²) in [5.41, 5.74) is 8.87. The van der Waals surface area contributed by atoms with Crippen LogP contribution in [0.3, 0.4) is 0 Å². The molecular weight excluding hydrogens is 448 g/mol. The van der Waals surface area contributed by atoms with Crippen LogP contribution in [0.25, 0.3) is 11.3 Å². The highest BCUT2D eigenvalue weighted by molar-refractivity contribution is 7.98. The van der Waals surface area contributed by atoms with Gasteiger partial charge in [0.2, 0.25) is 5.91 Å². The topological polar surface area (TPSA) is 122 Å². The number of nitrogens with one attached hydrogen (secondary N) is 3. The van der Waals surface area contributed by atoms with Gasteiger partial charge in [0.15, 0.2) is 11.5 Å². The summed E-state index contributed by atoms with van der Waals surface area (Å²) >= 11 is 1.66. The maximum Gasteiger partial charge on any atom is 0.274 e. The highest BCUT2D eigenvalue weighted by Gasteiger charge is 2.20. The standard InChI is InChI=1S/C25H28N6O2S/c1-34-20-9-7-16(8-10-20)12-22(32)29-18-5-2-4-17(13-18)21-15-28-24(26)23(31-21)25(33)30-19-6-3-11-27-14-19/h2,4-5,7-10,13,15,19,27H,3,6,11-12,14H2,1H3,(H2,26,28)(H,29,32)(H,30,33). The largest absolute Gasteiger partial charge is 0.382 e. The van der Waals surface area contributed by atoms with E-state index in [4.69, 9.17) is 5.73 Å². The Morgan fingerprint density at radius 3 is 2.76 bits per heavy atom. The van der Waals surface area contributed by atoms with Gasteiger partial charge >= 0.3 is 0 Å². The van der Waals surface area contributed by atoms with E-state index in [1.165, 1.54) is 6.20 Å². The predicted molar refractivity (Wildman–Crippen MR) is 136 cm³/mol. The van der Waals surface area contributed by atoms with Gasteiger partial charge in [0, 0.05) is 28.7 Å². The number of nitrogens with zero attached hydrogens (tertiary/aromatic N) is 2. The Kier molecular flexibility index (Phi) is 7.76. The molecule has 0 radical (unpaired) electrons. The van der Waals surface area contributed by atoms with Gasteiger partial charge in [-0.15, -0.1) is 11.8 Å². The Morgan fingerprint density at radius 1 is 1.21 bits per heavy atom. The average Bonchev–Trinajstić information content (AvgIpc) is 2.85. The highest BCUT2D eigenvalue weighted by Crippen LogP contribution is 2.23. The highest BCUT2D eigenvalue weighted by atomic mass is 32.2. The molecule has 34 heavy (non-hydrogen) atoms. The SMILES string of the molecule is CSc1ccc(CC(=O)Nc2cccc(-c3cnc(N)c(C(=O)NC4CCCNC4)n3)c2)cc1. The zero-order valence-corrected chi connectivity index (χ0v) is 19.8. The van der Waals surface area contributed by atoms with Crippen molar-refractivity contribution >= 4 is 35.1 Å². The Bertz CT molecular complexity index is 1160. The van der Waals surface area contributed by atoms with E-state index in [-0.39, 0.29) is 35.8 Å². The number of hydrogen-bond acceptors (Lipinski definition) is 7. The Morgan fingerprint density at radius 2 is 2.03 bits per heavy atom. The first kappa shape index (κ1) is 23.7. The number of thioether (sulfide) groups is 1. The number of carbonyl (C=O) groups is 2. The van der Waals surface area contributed by atoms with Gasteiger partial charge in [-0.25, -0.2) is 9.97 Å². The van der Waals surface area contributed by atoms with Crippen LogP contribution < -0.4 is 21.7 Å². The van der Waals surface area contributed by atoms with Crippen molar-refractivity contribution in [2.45, 2.75) is 30.2 Å². The molecule has 4 rings (SSSR count). The monoisotopic (exact) mass is 476 g/mol. The third-order valence-electron chi connectivity index (χ3n) is 5.61. The third kappa shape index (κ3) is 6.12. The molecule has 1 saturated heterocycles. The van der Waals surface area contributed by atoms with E-state index in [9.17, 15) is 9.59 Å². The second-order valence-electron chi connectivity index (χ2n) is 8.16. The van der Waals surface area contributed by atoms with Gasteiger partial charge in [-0.1, -0.05) is 24.3 Å². The van der Waals surface area contributed by atoms with Gasteiger partial charge in [0.25, 0.3) is 5.91 Å². The molecule has 8 nitrogen and oxygen atoms in total. The zero-order chi connectivity index (χ0) is 23.9. The number of aromatic nitrogens is 2. The first-order valence-electron chi connectivity index (χ1n) is 11.2. The van der Waals surface area contributed by atoms with Crippen molar-refractivity contribution in [1.82, 2.24) is 20.6 Å². The number of amides is 2. The van der Waals surface area contributed by atoms with E-state index in [2.05, 4.69) is 25.9 Å². The smallest absolute Gasteiger partial charge is 0.274 e. The van der Waals surface area contributed by atoms with Crippen LogP contribution in [-0.2, 0) is 11.2 Å². The first-order valence-corrected chi connectivity index (χ1v) is 12.4. The lowest BCUT2D eigenvalue weighted by molar-refractivity contribution is -0.115. The van der Waals surface area contributed by atoms with Gasteiger partial charge in [0.1, 0.15) is 0 Å². The van der Waals surface area contributed by atoms with E-state index in [0.717, 1.165) is 42.0 Å². The summed E-state index contributed by atoms with van der Waals surface area (Å²) in [5, 5.41) is 9.18. The van der Waals surface area contributed by atoms with E-state index in [0.29, 0.717) is 11.4 Å². The summed E-state index contributed by atoms with van der Waals surface area (Å²) in [6, 6.07) is 15.3. The van der Waals surface area contributed by atoms with Crippen molar-refractivity contribution in [3.63, 3.8) is 0 Å². The lowest BCUT2D eigenvalue weighted by Gasteiger charge is -2.23. The summed E-state index contributed by atoms with van der Waals surface area (Å²) < 4.78 is 0. The number of anilines is 2. The van der Waals surface area contributed by atoms with E-state index >= 15 is 0 Å². The fraction of sp³-hybridized carbons (Fsp3) is 0.280. The van der Waals surface area contributed by atoms with Crippen molar-refractivity contribution in [1.29, 1.82) is 0 Å². The molecule has 0 aliphatic carbocycles. The van der Waals surface area contributed by atoms with Crippen LogP contribution in [-0.4, -0.2) is 47.2 Å². The summed E-state index contributed by atoms with van der Waals surface area (Å²) in [7, 11) is 0. The molecule has 2 heterocycles. The number of rotatable bonds is 7. The van der Waals surface area contributed by atoms with Crippen LogP contribution >= 0.6 is 11.8 Å². The lowest BCUT2D eigenvalue weighted by Crippen LogP contribution is -2.46. The van der Waals surface area contributed by atoms with Crippen LogP contribution in [0.15, 0.2) is 59.6 Å². The average molecular weight is 477 g/mol. The molecule has 0 saturated carbocycles. The van der Waals surface area contributed by atoms with E-state index in [1.54, 1.807) is 11.8 Å². The Balaban J connectivity index is 1.45. The third-order valence-corrected chi connectivity index (χ3v) is 6.36. The molecule has 2 aromatic carbocycles. The summed E-state index contributed by atoms with van der Waals surface area (Å²) in [4.78, 5) is 35.1. The van der Waals surface area contributed by atoms with Crippen LogP contribution in [0.2, 0.25) is 0 Å². The van der Waals surface area contributed by atoms with Crippen molar-refractivity contribution in [2.75, 3.05) is 30.4 Å². The normalized spacial score (nSPS) is 15.5. The molecule has 1 fully saturated rings. The van der Waals surface area contributed by atoms with Gasteiger partial charge < -0.3 is 21.7 Å². The van der Waals surface area contributed by atoms with Crippen molar-refractivity contribution in [2.24, 2.45) is 0 Å². The lowest BCUT2D eigenvalue weighted by atomic mass is 10.1. The van der Waals surface area contributed by atoms with E-state index in [1.807, 2.05) is 54.8 Å². The Hall–Kier alpha value is -3.43. The molecule has 1 aliphatic rings. The van der Waals surface area contributed by atoms with Crippen molar-refractivity contribution < 1.29 is 9.59 Å². The number of nitrogens with two attached hydrogens (primary N) is 1. The molecule has 176 valence electrons. The molecule has 3 aromatic rings. The van der Waals surface area contributed by atoms with Gasteiger partial charge in [0.05, 0.1) is 18.3 Å². The molecule has 5 N–H and O–H groups in total. The number of benzene rings is 2. The van der Waals surface area contributed by atoms with Crippen molar-refractivity contribution in [3.8, 4) is 11.3 Å². The zero-order valence-electron chi connectivity index (χ0n) is 19.0. The quantitative estimate of drug-likeness (QED) is 0.387. The van der Waals surface area contributed by atoms with Crippen LogP contribution in [0.5, 0.6) is 0 Å². The molecule has 1 aliphatic heterocycles. The fourth-order valence-corrected chi connectivity index (χ4v) is 4.23. The number of nitrogen functional groups attached to an aromatic ring is 1. The van der Waals surface area contributed by atoms with E-state index < -0.39 is 0 Å². The first-order chi connectivity index (χ1) is 16.5. The summed E-state index contributed by atoms with van der Waals surface area (Å²) in [5.74, 6) is -0.363. The van der Waals surface area contributed by atoms with Crippen molar-refractivity contribution in [3.05, 3.63) is 66.0 Å². The van der Waals surface area contributed by atoms with Crippen LogP contribution in [0.1, 0.15) is 28.9 Å². The Labute approximate surface area is 203 Å². The van der Waals surface area contributed by atoms with Gasteiger partial charge in [-0.05, 0) is 55.5 Å². The number of carbonyl (C=O) groups excluding carboxylic acids is 2. The minimum Gasteiger partial charge on any atom is -0.382 e. The second kappa shape index (κ2) is 11.1. The minimum atomic E-state index is -0.336. The summed E-state index contributed by atoms with van der Waals surface area (Å²) in [6.45, 7) is 1.68. The molecular formula is C25H28N6O2S. The molecule has 0 spiro atoms. The fourth-order valence-electron chi connectivity index (χ4n) is 3.82. The predicted octanol–water partition coefficient (Wildman–Crippen LogP) is 3.11. The van der Waals surface area contributed by atoms with Gasteiger partial charge in [-0.2, -0.15) is 0 Å². The molecule has 0 bridgehead atoms. The number of hydrogen-bond donors (Lipinski definition) is 4. The maximum absolute atomic E-state index is 12.8. The second-order valence-corrected chi connectivity index (χ2v) is 9.04. The summed E-state index contributed by atoms with van der Waals surface area (Å²) in [6.07, 6.45) is 5.75. The number of piperidine rings is 1. The van der Waals surface area contributed by atoms with Crippen LogP contribution in [0.4, 0.5) is 11.5 Å². The molecule has 1 aromatic heterocycles. The maximum atomic E-state index is 12.8.